The molecule has 5 atom stereocenters. The Labute approximate surface area is 84.1 Å². The van der Waals surface area contributed by atoms with Gasteiger partial charge in [0.25, 0.3) is 0 Å². The Bertz CT molecular complexity index is 131. The first-order chi connectivity index (χ1) is 5.91. The Balaban J connectivity index is 4.15. The summed E-state index contributed by atoms with van der Waals surface area (Å²) >= 11 is 0. The highest BCUT2D eigenvalue weighted by atomic mass is 14.6. The summed E-state index contributed by atoms with van der Waals surface area (Å²) in [6.45, 7) is 13.7. The van der Waals surface area contributed by atoms with Gasteiger partial charge in [0.2, 0.25) is 0 Å². The van der Waals surface area contributed by atoms with E-state index in [-0.39, 0.29) is 0 Å². The van der Waals surface area contributed by atoms with Crippen molar-refractivity contribution in [3.05, 3.63) is 0 Å². The lowest BCUT2D eigenvalue weighted by atomic mass is 9.75. The molecule has 0 aliphatic carbocycles. The van der Waals surface area contributed by atoms with Gasteiger partial charge in [-0.1, -0.05) is 41.0 Å². The smallest absolute Gasteiger partial charge is 0.00387 e. The van der Waals surface area contributed by atoms with E-state index in [1.54, 1.807) is 0 Å². The van der Waals surface area contributed by atoms with Gasteiger partial charge in [0.15, 0.2) is 0 Å². The standard InChI is InChI=1S/C12H27N/c1-7-8(2)9(3)10(4)11(5)12(6)13/h8-12H,7,13H2,1-6H3. The summed E-state index contributed by atoms with van der Waals surface area (Å²) in [6, 6.07) is 0.321. The molecule has 0 rings (SSSR count). The first kappa shape index (κ1) is 13.0. The predicted molar refractivity (Wildman–Crippen MR) is 60.6 cm³/mol. The summed E-state index contributed by atoms with van der Waals surface area (Å²) in [5.74, 6) is 2.96. The van der Waals surface area contributed by atoms with Crippen LogP contribution in [-0.2, 0) is 0 Å². The van der Waals surface area contributed by atoms with Crippen LogP contribution in [0.25, 0.3) is 0 Å². The zero-order valence-electron chi connectivity index (χ0n) is 10.2. The van der Waals surface area contributed by atoms with Crippen molar-refractivity contribution in [2.45, 2.75) is 54.0 Å². The summed E-state index contributed by atoms with van der Waals surface area (Å²) < 4.78 is 0. The highest BCUT2D eigenvalue weighted by Crippen LogP contribution is 2.29. The van der Waals surface area contributed by atoms with E-state index < -0.39 is 0 Å². The minimum absolute atomic E-state index is 0.321. The molecule has 80 valence electrons. The van der Waals surface area contributed by atoms with Crippen LogP contribution in [0.15, 0.2) is 0 Å². The molecule has 1 nitrogen and oxygen atoms in total. The Morgan fingerprint density at radius 2 is 1.31 bits per heavy atom. The van der Waals surface area contributed by atoms with Gasteiger partial charge >= 0.3 is 0 Å². The molecule has 0 heterocycles. The van der Waals surface area contributed by atoms with Crippen LogP contribution in [0.1, 0.15) is 48.0 Å². The lowest BCUT2D eigenvalue weighted by Gasteiger charge is -2.32. The van der Waals surface area contributed by atoms with Crippen LogP contribution >= 0.6 is 0 Å². The molecule has 0 radical (unpaired) electrons. The summed E-state index contributed by atoms with van der Waals surface area (Å²) in [5, 5.41) is 0. The SMILES string of the molecule is CCC(C)C(C)C(C)C(C)C(C)N. The summed E-state index contributed by atoms with van der Waals surface area (Å²) in [4.78, 5) is 0. The van der Waals surface area contributed by atoms with E-state index in [4.69, 9.17) is 5.73 Å². The average Bonchev–Trinajstić information content (AvgIpc) is 2.12. The minimum Gasteiger partial charge on any atom is -0.328 e. The second kappa shape index (κ2) is 5.64. The van der Waals surface area contributed by atoms with Crippen molar-refractivity contribution >= 4 is 0 Å². The molecule has 2 N–H and O–H groups in total. The fourth-order valence-electron chi connectivity index (χ4n) is 1.85. The number of rotatable bonds is 5. The Kier molecular flexibility index (Phi) is 5.62. The zero-order chi connectivity index (χ0) is 10.6. The number of hydrogen-bond donors (Lipinski definition) is 1. The van der Waals surface area contributed by atoms with Crippen LogP contribution in [0.4, 0.5) is 0 Å². The van der Waals surface area contributed by atoms with Crippen molar-refractivity contribution in [1.82, 2.24) is 0 Å². The molecule has 0 saturated carbocycles. The van der Waals surface area contributed by atoms with Crippen LogP contribution in [0.5, 0.6) is 0 Å². The maximum absolute atomic E-state index is 5.92. The van der Waals surface area contributed by atoms with Gasteiger partial charge in [-0.2, -0.15) is 0 Å². The van der Waals surface area contributed by atoms with Crippen LogP contribution < -0.4 is 5.73 Å². The molecule has 0 aromatic rings. The molecule has 0 bridgehead atoms. The fourth-order valence-corrected chi connectivity index (χ4v) is 1.85. The zero-order valence-corrected chi connectivity index (χ0v) is 10.2. The van der Waals surface area contributed by atoms with Gasteiger partial charge in [-0.15, -0.1) is 0 Å². The Morgan fingerprint density at radius 3 is 1.62 bits per heavy atom. The van der Waals surface area contributed by atoms with E-state index in [1.807, 2.05) is 0 Å². The first-order valence-corrected chi connectivity index (χ1v) is 5.67. The maximum Gasteiger partial charge on any atom is 0.00387 e. The topological polar surface area (TPSA) is 26.0 Å². The van der Waals surface area contributed by atoms with Gasteiger partial charge in [0.1, 0.15) is 0 Å². The Hall–Kier alpha value is -0.0400. The third kappa shape index (κ3) is 3.68. The van der Waals surface area contributed by atoms with Gasteiger partial charge in [0, 0.05) is 6.04 Å². The number of nitrogens with two attached hydrogens (primary N) is 1. The van der Waals surface area contributed by atoms with Gasteiger partial charge in [-0.3, -0.25) is 0 Å². The monoisotopic (exact) mass is 185 g/mol. The molecule has 1 heteroatoms. The molecule has 0 saturated heterocycles. The van der Waals surface area contributed by atoms with Crippen molar-refractivity contribution in [2.24, 2.45) is 29.4 Å². The molecule has 0 aliphatic heterocycles. The first-order valence-electron chi connectivity index (χ1n) is 5.67. The van der Waals surface area contributed by atoms with Crippen LogP contribution in [0, 0.1) is 23.7 Å². The molecule has 0 fully saturated rings. The van der Waals surface area contributed by atoms with Gasteiger partial charge < -0.3 is 5.73 Å². The molecule has 0 aromatic carbocycles. The van der Waals surface area contributed by atoms with Gasteiger partial charge in [-0.05, 0) is 30.6 Å². The van der Waals surface area contributed by atoms with Crippen molar-refractivity contribution in [3.63, 3.8) is 0 Å². The second-order valence-corrected chi connectivity index (χ2v) is 4.82. The molecule has 0 amide bonds. The van der Waals surface area contributed by atoms with E-state index in [9.17, 15) is 0 Å². The van der Waals surface area contributed by atoms with Crippen LogP contribution in [-0.4, -0.2) is 6.04 Å². The lowest BCUT2D eigenvalue weighted by Crippen LogP contribution is -2.33. The van der Waals surface area contributed by atoms with Gasteiger partial charge in [0.05, 0.1) is 0 Å². The molecule has 0 spiro atoms. The van der Waals surface area contributed by atoms with Crippen LogP contribution in [0.3, 0.4) is 0 Å². The van der Waals surface area contributed by atoms with Crippen molar-refractivity contribution in [1.29, 1.82) is 0 Å². The number of hydrogen-bond acceptors (Lipinski definition) is 1. The fraction of sp³-hybridized carbons (Fsp3) is 1.00. The van der Waals surface area contributed by atoms with Crippen molar-refractivity contribution < 1.29 is 0 Å². The van der Waals surface area contributed by atoms with Crippen molar-refractivity contribution in [2.75, 3.05) is 0 Å². The van der Waals surface area contributed by atoms with Gasteiger partial charge in [-0.25, -0.2) is 0 Å². The van der Waals surface area contributed by atoms with Crippen LogP contribution in [0.2, 0.25) is 0 Å². The third-order valence-corrected chi connectivity index (χ3v) is 4.03. The van der Waals surface area contributed by atoms with Crippen molar-refractivity contribution in [3.8, 4) is 0 Å². The molecule has 0 aromatic heterocycles. The molecular weight excluding hydrogens is 158 g/mol. The maximum atomic E-state index is 5.92. The molecule has 5 unspecified atom stereocenters. The summed E-state index contributed by atoms with van der Waals surface area (Å²) in [7, 11) is 0. The normalized spacial score (nSPS) is 23.3. The second-order valence-electron chi connectivity index (χ2n) is 4.82. The van der Waals surface area contributed by atoms with E-state index in [0.29, 0.717) is 12.0 Å². The molecular formula is C12H27N. The van der Waals surface area contributed by atoms with E-state index >= 15 is 0 Å². The summed E-state index contributed by atoms with van der Waals surface area (Å²) in [6.07, 6.45) is 1.27. The highest BCUT2D eigenvalue weighted by molar-refractivity contribution is 4.76. The minimum atomic E-state index is 0.321. The third-order valence-electron chi connectivity index (χ3n) is 4.03. The van der Waals surface area contributed by atoms with E-state index in [0.717, 1.165) is 17.8 Å². The van der Waals surface area contributed by atoms with E-state index in [2.05, 4.69) is 41.5 Å². The largest absolute Gasteiger partial charge is 0.328 e. The Morgan fingerprint density at radius 1 is 0.846 bits per heavy atom. The average molecular weight is 185 g/mol. The molecule has 13 heavy (non-hydrogen) atoms. The quantitative estimate of drug-likeness (QED) is 0.699. The molecule has 0 aliphatic rings. The summed E-state index contributed by atoms with van der Waals surface area (Å²) in [5.41, 5.74) is 5.92. The van der Waals surface area contributed by atoms with E-state index in [1.165, 1.54) is 6.42 Å². The highest BCUT2D eigenvalue weighted by Gasteiger charge is 2.24. The predicted octanol–water partition coefficient (Wildman–Crippen LogP) is 3.29. The lowest BCUT2D eigenvalue weighted by molar-refractivity contribution is 0.192.